The summed E-state index contributed by atoms with van der Waals surface area (Å²) in [5.74, 6) is 0.186. The summed E-state index contributed by atoms with van der Waals surface area (Å²) in [6.07, 6.45) is 0.759. The summed E-state index contributed by atoms with van der Waals surface area (Å²) < 4.78 is 5.32. The molecule has 4 nitrogen and oxygen atoms in total. The fraction of sp³-hybridized carbons (Fsp3) is 0.364. The average molecular weight is 430 g/mol. The highest BCUT2D eigenvalue weighted by atomic mass is 79.9. The van der Waals surface area contributed by atoms with Gasteiger partial charge in [0.2, 0.25) is 5.91 Å². The lowest BCUT2D eigenvalue weighted by molar-refractivity contribution is -0.119. The predicted octanol–water partition coefficient (Wildman–Crippen LogP) is 4.78. The third kappa shape index (κ3) is 4.78. The number of piperidine rings is 1. The van der Waals surface area contributed by atoms with E-state index in [2.05, 4.69) is 28.1 Å². The smallest absolute Gasteiger partial charge is 0.338 e. The minimum Gasteiger partial charge on any atom is -0.462 e. The van der Waals surface area contributed by atoms with E-state index < -0.39 is 0 Å². The summed E-state index contributed by atoms with van der Waals surface area (Å²) >= 11 is 3.53. The van der Waals surface area contributed by atoms with Crippen molar-refractivity contribution < 1.29 is 14.3 Å². The van der Waals surface area contributed by atoms with E-state index in [1.165, 1.54) is 5.56 Å². The molecule has 2 aromatic rings. The fourth-order valence-corrected chi connectivity index (χ4v) is 3.93. The van der Waals surface area contributed by atoms with Crippen LogP contribution in [0.1, 0.15) is 42.1 Å². The second-order valence-electron chi connectivity index (χ2n) is 7.30. The molecule has 0 N–H and O–H groups in total. The Labute approximate surface area is 168 Å². The van der Waals surface area contributed by atoms with Gasteiger partial charge in [-0.2, -0.15) is 0 Å². The van der Waals surface area contributed by atoms with Crippen LogP contribution in [-0.4, -0.2) is 29.9 Å². The van der Waals surface area contributed by atoms with Crippen molar-refractivity contribution in [2.24, 2.45) is 5.92 Å². The molecule has 3 rings (SSSR count). The van der Waals surface area contributed by atoms with E-state index in [9.17, 15) is 9.59 Å². The van der Waals surface area contributed by atoms with Gasteiger partial charge >= 0.3 is 5.97 Å². The molecular weight excluding hydrogens is 406 g/mol. The highest BCUT2D eigenvalue weighted by Gasteiger charge is 2.34. The summed E-state index contributed by atoms with van der Waals surface area (Å²) in [5.41, 5.74) is 2.41. The number of amides is 1. The molecule has 2 atom stereocenters. The average Bonchev–Trinajstić information content (AvgIpc) is 2.68. The first-order valence-corrected chi connectivity index (χ1v) is 10.1. The van der Waals surface area contributed by atoms with Crippen LogP contribution in [0, 0.1) is 5.92 Å². The van der Waals surface area contributed by atoms with Crippen molar-refractivity contribution in [2.45, 2.75) is 31.0 Å². The first kappa shape index (κ1) is 19.6. The number of alkyl halides is 1. The first-order chi connectivity index (χ1) is 13.0. The second kappa shape index (κ2) is 8.70. The van der Waals surface area contributed by atoms with Gasteiger partial charge < -0.3 is 9.64 Å². The largest absolute Gasteiger partial charge is 0.462 e. The molecule has 1 aliphatic rings. The van der Waals surface area contributed by atoms with Crippen LogP contribution >= 0.6 is 15.9 Å². The Morgan fingerprint density at radius 1 is 1.19 bits per heavy atom. The lowest BCUT2D eigenvalue weighted by atomic mass is 9.90. The van der Waals surface area contributed by atoms with Crippen molar-refractivity contribution in [2.75, 3.05) is 18.1 Å². The van der Waals surface area contributed by atoms with Crippen LogP contribution in [0.25, 0.3) is 0 Å². The van der Waals surface area contributed by atoms with Crippen LogP contribution in [0.3, 0.4) is 0 Å². The summed E-state index contributed by atoms with van der Waals surface area (Å²) in [4.78, 5) is 26.6. The van der Waals surface area contributed by atoms with Crippen LogP contribution in [-0.2, 0) is 9.53 Å². The predicted molar refractivity (Wildman–Crippen MR) is 110 cm³/mol. The van der Waals surface area contributed by atoms with Gasteiger partial charge in [-0.3, -0.25) is 4.79 Å². The van der Waals surface area contributed by atoms with Gasteiger partial charge in [-0.05, 0) is 36.1 Å². The Balaban J connectivity index is 1.82. The molecule has 0 aliphatic carbocycles. The standard InChI is InChI=1S/C22H24BrNO3/c1-15(2)14-27-22(26)17-9-6-10-19(11-17)24-13-18(12-20(23)21(24)25)16-7-4-3-5-8-16/h3-11,15,18,20H,12-14H2,1-2H3. The molecule has 5 heteroatoms. The zero-order chi connectivity index (χ0) is 19.4. The summed E-state index contributed by atoms with van der Waals surface area (Å²) in [6.45, 7) is 4.96. The molecule has 2 unspecified atom stereocenters. The maximum absolute atomic E-state index is 12.8. The maximum atomic E-state index is 12.8. The first-order valence-electron chi connectivity index (χ1n) is 9.23. The number of benzene rings is 2. The van der Waals surface area contributed by atoms with Crippen molar-refractivity contribution >= 4 is 33.5 Å². The number of rotatable bonds is 5. The Morgan fingerprint density at radius 2 is 1.93 bits per heavy atom. The number of hydrogen-bond acceptors (Lipinski definition) is 3. The van der Waals surface area contributed by atoms with E-state index in [0.29, 0.717) is 18.7 Å². The van der Waals surface area contributed by atoms with E-state index >= 15 is 0 Å². The number of carbonyl (C=O) groups excluding carboxylic acids is 2. The number of esters is 1. The molecule has 0 bridgehead atoms. The molecule has 1 heterocycles. The van der Waals surface area contributed by atoms with Crippen LogP contribution in [0.2, 0.25) is 0 Å². The maximum Gasteiger partial charge on any atom is 0.338 e. The zero-order valence-electron chi connectivity index (χ0n) is 15.6. The summed E-state index contributed by atoms with van der Waals surface area (Å²) in [6, 6.07) is 17.3. The van der Waals surface area contributed by atoms with Crippen LogP contribution < -0.4 is 4.90 Å². The van der Waals surface area contributed by atoms with Crippen molar-refractivity contribution in [1.29, 1.82) is 0 Å². The van der Waals surface area contributed by atoms with Crippen molar-refractivity contribution in [3.05, 3.63) is 65.7 Å². The van der Waals surface area contributed by atoms with Gasteiger partial charge in [0.05, 0.1) is 17.0 Å². The summed E-state index contributed by atoms with van der Waals surface area (Å²) in [7, 11) is 0. The van der Waals surface area contributed by atoms with E-state index in [-0.39, 0.29) is 28.5 Å². The second-order valence-corrected chi connectivity index (χ2v) is 8.41. The zero-order valence-corrected chi connectivity index (χ0v) is 17.2. The number of hydrogen-bond donors (Lipinski definition) is 0. The Bertz CT molecular complexity index is 806. The minimum atomic E-state index is -0.356. The molecule has 0 radical (unpaired) electrons. The van der Waals surface area contributed by atoms with Gasteiger partial charge in [-0.25, -0.2) is 4.79 Å². The third-order valence-corrected chi connectivity index (χ3v) is 5.41. The minimum absolute atomic E-state index is 0.0230. The lowest BCUT2D eigenvalue weighted by Crippen LogP contribution is -2.45. The van der Waals surface area contributed by atoms with Crippen LogP contribution in [0.4, 0.5) is 5.69 Å². The normalized spacial score (nSPS) is 20.0. The van der Waals surface area contributed by atoms with Gasteiger partial charge in [0, 0.05) is 18.2 Å². The molecule has 0 saturated carbocycles. The number of carbonyl (C=O) groups is 2. The quantitative estimate of drug-likeness (QED) is 0.507. The van der Waals surface area contributed by atoms with Crippen molar-refractivity contribution in [1.82, 2.24) is 0 Å². The highest BCUT2D eigenvalue weighted by Crippen LogP contribution is 2.34. The fourth-order valence-electron chi connectivity index (χ4n) is 3.23. The van der Waals surface area contributed by atoms with E-state index in [0.717, 1.165) is 12.1 Å². The Morgan fingerprint density at radius 3 is 2.63 bits per heavy atom. The van der Waals surface area contributed by atoms with Gasteiger partial charge in [0.1, 0.15) is 0 Å². The molecule has 1 aliphatic heterocycles. The number of ether oxygens (including phenoxy) is 1. The van der Waals surface area contributed by atoms with Crippen molar-refractivity contribution in [3.8, 4) is 0 Å². The molecule has 0 aromatic heterocycles. The Kier molecular flexibility index (Phi) is 6.32. The van der Waals surface area contributed by atoms with E-state index in [4.69, 9.17) is 4.74 Å². The van der Waals surface area contributed by atoms with Crippen LogP contribution in [0.5, 0.6) is 0 Å². The molecule has 0 spiro atoms. The monoisotopic (exact) mass is 429 g/mol. The van der Waals surface area contributed by atoms with E-state index in [1.807, 2.05) is 38.1 Å². The SMILES string of the molecule is CC(C)COC(=O)c1cccc(N2CC(c3ccccc3)CC(Br)C2=O)c1. The van der Waals surface area contributed by atoms with Gasteiger partial charge in [-0.15, -0.1) is 0 Å². The topological polar surface area (TPSA) is 46.6 Å². The van der Waals surface area contributed by atoms with Gasteiger partial charge in [0.15, 0.2) is 0 Å². The number of halogens is 1. The third-order valence-electron chi connectivity index (χ3n) is 4.64. The molecule has 27 heavy (non-hydrogen) atoms. The molecule has 2 aromatic carbocycles. The number of anilines is 1. The lowest BCUT2D eigenvalue weighted by Gasteiger charge is -2.35. The highest BCUT2D eigenvalue weighted by molar-refractivity contribution is 9.10. The molecule has 142 valence electrons. The van der Waals surface area contributed by atoms with Crippen molar-refractivity contribution in [3.63, 3.8) is 0 Å². The Hall–Kier alpha value is -2.14. The van der Waals surface area contributed by atoms with E-state index in [1.54, 1.807) is 23.1 Å². The number of nitrogens with zero attached hydrogens (tertiary/aromatic N) is 1. The van der Waals surface area contributed by atoms with Gasteiger partial charge in [0.25, 0.3) is 0 Å². The summed E-state index contributed by atoms with van der Waals surface area (Å²) in [5, 5.41) is 0. The van der Waals surface area contributed by atoms with Gasteiger partial charge in [-0.1, -0.05) is 66.2 Å². The molecule has 1 saturated heterocycles. The molecular formula is C22H24BrNO3. The molecule has 1 fully saturated rings. The molecule has 1 amide bonds. The van der Waals surface area contributed by atoms with Crippen LogP contribution in [0.15, 0.2) is 54.6 Å².